The number of amides is 1. The molecule has 3 nitrogen and oxygen atoms in total. The second kappa shape index (κ2) is 6.71. The van der Waals surface area contributed by atoms with E-state index in [9.17, 15) is 9.59 Å². The van der Waals surface area contributed by atoms with Crippen molar-refractivity contribution in [2.24, 2.45) is 0 Å². The van der Waals surface area contributed by atoms with Crippen molar-refractivity contribution in [3.8, 4) is 0 Å². The third-order valence-electron chi connectivity index (χ3n) is 3.44. The van der Waals surface area contributed by atoms with E-state index in [4.69, 9.17) is 11.6 Å². The summed E-state index contributed by atoms with van der Waals surface area (Å²) >= 11 is 5.80. The normalized spacial score (nSPS) is 15.3. The number of piperidine rings is 1. The zero-order valence-electron chi connectivity index (χ0n) is 10.9. The molecule has 0 atom stereocenters. The highest BCUT2D eigenvalue weighted by molar-refractivity contribution is 6.36. The van der Waals surface area contributed by atoms with Gasteiger partial charge in [0.15, 0.2) is 0 Å². The van der Waals surface area contributed by atoms with Gasteiger partial charge in [0.1, 0.15) is 0 Å². The monoisotopic (exact) mass is 279 g/mol. The van der Waals surface area contributed by atoms with Gasteiger partial charge in [-0.05, 0) is 43.4 Å². The first-order valence-corrected chi connectivity index (χ1v) is 7.11. The molecule has 1 aromatic carbocycles. The molecular weight excluding hydrogens is 262 g/mol. The van der Waals surface area contributed by atoms with Gasteiger partial charge in [0.2, 0.25) is 5.78 Å². The molecule has 1 saturated heterocycles. The van der Waals surface area contributed by atoms with Crippen LogP contribution in [0.5, 0.6) is 0 Å². The van der Waals surface area contributed by atoms with Crippen LogP contribution in [0.1, 0.15) is 31.2 Å². The van der Waals surface area contributed by atoms with Gasteiger partial charge in [-0.1, -0.05) is 23.7 Å². The fraction of sp³-hybridized carbons (Fsp3) is 0.467. The van der Waals surface area contributed by atoms with E-state index in [1.807, 2.05) is 12.1 Å². The molecule has 1 aliphatic rings. The van der Waals surface area contributed by atoms with Crippen molar-refractivity contribution < 1.29 is 9.59 Å². The van der Waals surface area contributed by atoms with E-state index in [2.05, 4.69) is 0 Å². The Morgan fingerprint density at radius 1 is 1.05 bits per heavy atom. The van der Waals surface area contributed by atoms with Gasteiger partial charge in [0.25, 0.3) is 5.91 Å². The number of hydrogen-bond acceptors (Lipinski definition) is 2. The third-order valence-corrected chi connectivity index (χ3v) is 3.69. The number of likely N-dealkylation sites (tertiary alicyclic amines) is 1. The minimum absolute atomic E-state index is 0.275. The van der Waals surface area contributed by atoms with E-state index in [1.165, 1.54) is 0 Å². The number of carbonyl (C=O) groups is 2. The Hall–Kier alpha value is -1.35. The number of rotatable bonds is 4. The lowest BCUT2D eigenvalue weighted by atomic mass is 10.1. The lowest BCUT2D eigenvalue weighted by Gasteiger charge is -2.25. The van der Waals surface area contributed by atoms with E-state index in [1.54, 1.807) is 17.0 Å². The van der Waals surface area contributed by atoms with Crippen LogP contribution < -0.4 is 0 Å². The zero-order chi connectivity index (χ0) is 13.7. The average molecular weight is 280 g/mol. The standard InChI is InChI=1S/C15H18ClNO2/c16-13-7-4-12(5-8-13)6-9-14(18)15(19)17-10-2-1-3-11-17/h4-5,7-8H,1-3,6,9-11H2. The van der Waals surface area contributed by atoms with E-state index in [0.717, 1.165) is 37.9 Å². The second-order valence-electron chi connectivity index (χ2n) is 4.90. The molecule has 0 aromatic heterocycles. The summed E-state index contributed by atoms with van der Waals surface area (Å²) < 4.78 is 0. The van der Waals surface area contributed by atoms with Gasteiger partial charge >= 0.3 is 0 Å². The van der Waals surface area contributed by atoms with Crippen molar-refractivity contribution in [1.29, 1.82) is 0 Å². The van der Waals surface area contributed by atoms with Crippen molar-refractivity contribution in [3.63, 3.8) is 0 Å². The van der Waals surface area contributed by atoms with Crippen LogP contribution in [0.3, 0.4) is 0 Å². The first kappa shape index (κ1) is 14.1. The molecular formula is C15H18ClNO2. The first-order chi connectivity index (χ1) is 9.16. The topological polar surface area (TPSA) is 37.4 Å². The quantitative estimate of drug-likeness (QED) is 0.795. The highest BCUT2D eigenvalue weighted by atomic mass is 35.5. The molecule has 0 N–H and O–H groups in total. The van der Waals surface area contributed by atoms with Crippen LogP contribution in [-0.2, 0) is 16.0 Å². The molecule has 1 aromatic rings. The molecule has 0 aliphatic carbocycles. The van der Waals surface area contributed by atoms with Gasteiger partial charge in [-0.3, -0.25) is 9.59 Å². The maximum absolute atomic E-state index is 11.9. The Balaban J connectivity index is 1.83. The molecule has 1 aliphatic heterocycles. The molecule has 102 valence electrons. The fourth-order valence-corrected chi connectivity index (χ4v) is 2.42. The van der Waals surface area contributed by atoms with Gasteiger partial charge in [-0.15, -0.1) is 0 Å². The highest BCUT2D eigenvalue weighted by Gasteiger charge is 2.22. The summed E-state index contributed by atoms with van der Waals surface area (Å²) in [6, 6.07) is 7.38. The van der Waals surface area contributed by atoms with Crippen molar-refractivity contribution in [1.82, 2.24) is 4.90 Å². The maximum atomic E-state index is 11.9. The van der Waals surface area contributed by atoms with Crippen LogP contribution in [0, 0.1) is 0 Å². The lowest BCUT2D eigenvalue weighted by Crippen LogP contribution is -2.40. The molecule has 4 heteroatoms. The van der Waals surface area contributed by atoms with Crippen molar-refractivity contribution in [3.05, 3.63) is 34.9 Å². The number of nitrogens with zero attached hydrogens (tertiary/aromatic N) is 1. The molecule has 0 unspecified atom stereocenters. The summed E-state index contributed by atoms with van der Waals surface area (Å²) in [6.45, 7) is 1.46. The number of halogens is 1. The van der Waals surface area contributed by atoms with E-state index >= 15 is 0 Å². The Morgan fingerprint density at radius 3 is 2.32 bits per heavy atom. The SMILES string of the molecule is O=C(CCc1ccc(Cl)cc1)C(=O)N1CCCCC1. The van der Waals surface area contributed by atoms with Crippen LogP contribution in [0.25, 0.3) is 0 Å². The molecule has 0 spiro atoms. The first-order valence-electron chi connectivity index (χ1n) is 6.73. The van der Waals surface area contributed by atoms with Gasteiger partial charge < -0.3 is 4.90 Å². The summed E-state index contributed by atoms with van der Waals surface area (Å²) in [5, 5.41) is 0.680. The lowest BCUT2D eigenvalue weighted by molar-refractivity contribution is -0.145. The number of Topliss-reactive ketones (excluding diaryl/α,β-unsaturated/α-hetero) is 1. The Kier molecular flexibility index (Phi) is 4.97. The molecule has 1 heterocycles. The van der Waals surface area contributed by atoms with Crippen molar-refractivity contribution in [2.45, 2.75) is 32.1 Å². The van der Waals surface area contributed by atoms with E-state index in [0.29, 0.717) is 11.4 Å². The van der Waals surface area contributed by atoms with Gasteiger partial charge in [-0.2, -0.15) is 0 Å². The van der Waals surface area contributed by atoms with Crippen LogP contribution >= 0.6 is 11.6 Å². The van der Waals surface area contributed by atoms with Gasteiger partial charge in [0, 0.05) is 24.5 Å². The highest BCUT2D eigenvalue weighted by Crippen LogP contribution is 2.13. The van der Waals surface area contributed by atoms with Gasteiger partial charge in [0.05, 0.1) is 0 Å². The van der Waals surface area contributed by atoms with Crippen molar-refractivity contribution >= 4 is 23.3 Å². The van der Waals surface area contributed by atoms with Crippen LogP contribution in [0.4, 0.5) is 0 Å². The molecule has 1 amide bonds. The Bertz CT molecular complexity index is 450. The summed E-state index contributed by atoms with van der Waals surface area (Å²) in [6.07, 6.45) is 4.04. The average Bonchev–Trinajstić information content (AvgIpc) is 2.46. The second-order valence-corrected chi connectivity index (χ2v) is 5.34. The number of hydrogen-bond donors (Lipinski definition) is 0. The summed E-state index contributed by atoms with van der Waals surface area (Å²) in [5.74, 6) is -0.592. The number of carbonyl (C=O) groups excluding carboxylic acids is 2. The predicted molar refractivity (Wildman–Crippen MR) is 75.2 cm³/mol. The molecule has 1 fully saturated rings. The summed E-state index contributed by atoms with van der Waals surface area (Å²) in [4.78, 5) is 25.5. The molecule has 0 saturated carbocycles. The van der Waals surface area contributed by atoms with E-state index in [-0.39, 0.29) is 18.1 Å². The minimum atomic E-state index is -0.311. The van der Waals surface area contributed by atoms with Crippen LogP contribution in [-0.4, -0.2) is 29.7 Å². The fourth-order valence-electron chi connectivity index (χ4n) is 2.29. The molecule has 2 rings (SSSR count). The number of aryl methyl sites for hydroxylation is 1. The van der Waals surface area contributed by atoms with Crippen LogP contribution in [0.15, 0.2) is 24.3 Å². The molecule has 0 bridgehead atoms. The molecule has 0 radical (unpaired) electrons. The summed E-state index contributed by atoms with van der Waals surface area (Å²) in [5.41, 5.74) is 1.03. The van der Waals surface area contributed by atoms with Crippen molar-refractivity contribution in [2.75, 3.05) is 13.1 Å². The third kappa shape index (κ3) is 4.06. The van der Waals surface area contributed by atoms with Gasteiger partial charge in [-0.25, -0.2) is 0 Å². The smallest absolute Gasteiger partial charge is 0.289 e. The largest absolute Gasteiger partial charge is 0.336 e. The summed E-state index contributed by atoms with van der Waals surface area (Å²) in [7, 11) is 0. The number of benzene rings is 1. The Morgan fingerprint density at radius 2 is 1.68 bits per heavy atom. The zero-order valence-corrected chi connectivity index (χ0v) is 11.7. The van der Waals surface area contributed by atoms with E-state index < -0.39 is 0 Å². The maximum Gasteiger partial charge on any atom is 0.289 e. The predicted octanol–water partition coefficient (Wildman–Crippen LogP) is 2.85. The number of ketones is 1. The van der Waals surface area contributed by atoms with Crippen LogP contribution in [0.2, 0.25) is 5.02 Å². The molecule has 19 heavy (non-hydrogen) atoms. The minimum Gasteiger partial charge on any atom is -0.336 e. The Labute approximate surface area is 118 Å².